The maximum Gasteiger partial charge on any atom is 0.343 e. The molecule has 3 rings (SSSR count). The summed E-state index contributed by atoms with van der Waals surface area (Å²) in [5, 5.41) is 14.4. The lowest BCUT2D eigenvalue weighted by molar-refractivity contribution is -0.138. The Kier molecular flexibility index (Phi) is 8.05. The van der Waals surface area contributed by atoms with Crippen LogP contribution in [0, 0.1) is 0 Å². The summed E-state index contributed by atoms with van der Waals surface area (Å²) in [6, 6.07) is 5.40. The van der Waals surface area contributed by atoms with Crippen LogP contribution in [-0.4, -0.2) is 34.7 Å². The van der Waals surface area contributed by atoms with Crippen molar-refractivity contribution in [3.8, 4) is 0 Å². The van der Waals surface area contributed by atoms with E-state index in [0.717, 1.165) is 9.83 Å². The van der Waals surface area contributed by atoms with Crippen LogP contribution in [-0.2, 0) is 9.53 Å². The number of Topliss-reactive ketones (excluding diaryl/α,β-unsaturated/α-hetero) is 1. The Labute approximate surface area is 175 Å². The molecule has 0 spiro atoms. The number of carbonyl (C=O) groups excluding carboxylic acids is 2. The zero-order valence-corrected chi connectivity index (χ0v) is 17.7. The zero-order chi connectivity index (χ0) is 21.4. The van der Waals surface area contributed by atoms with Gasteiger partial charge in [-0.1, -0.05) is 0 Å². The number of ketones is 1. The fraction of sp³-hybridized carbons (Fsp3) is 0.200. The Morgan fingerprint density at radius 1 is 1.24 bits per heavy atom. The van der Waals surface area contributed by atoms with Gasteiger partial charge in [0.1, 0.15) is 21.2 Å². The Hall–Kier alpha value is -3.04. The van der Waals surface area contributed by atoms with Crippen LogP contribution in [0.2, 0.25) is 0 Å². The number of aromatic nitrogens is 1. The lowest BCUT2D eigenvalue weighted by atomic mass is 10.2. The number of aliphatic hydroxyl groups excluding tert-OH is 1. The number of hydrogen-bond donors (Lipinski definition) is 2. The van der Waals surface area contributed by atoms with Crippen LogP contribution >= 0.6 is 22.7 Å². The molecule has 29 heavy (non-hydrogen) atoms. The second kappa shape index (κ2) is 10.5. The highest BCUT2D eigenvalue weighted by Gasteiger charge is 2.11. The van der Waals surface area contributed by atoms with Crippen LogP contribution in [0.25, 0.3) is 10.2 Å². The Morgan fingerprint density at radius 2 is 2.00 bits per heavy atom. The number of ether oxygens (including phenoxy) is 1. The van der Waals surface area contributed by atoms with E-state index >= 15 is 0 Å². The van der Waals surface area contributed by atoms with Crippen LogP contribution in [0.1, 0.15) is 31.1 Å². The molecule has 3 aromatic heterocycles. The molecule has 0 atom stereocenters. The van der Waals surface area contributed by atoms with E-state index in [9.17, 15) is 19.5 Å². The topological polar surface area (TPSA) is 109 Å². The highest BCUT2D eigenvalue weighted by molar-refractivity contribution is 7.16. The summed E-state index contributed by atoms with van der Waals surface area (Å²) in [7, 11) is 0. The fourth-order valence-electron chi connectivity index (χ4n) is 2.18. The molecule has 3 aromatic rings. The largest absolute Gasteiger partial charge is 0.512 e. The normalized spacial score (nSPS) is 11.7. The zero-order valence-electron chi connectivity index (χ0n) is 16.1. The Balaban J connectivity index is 0.000000211. The van der Waals surface area contributed by atoms with Crippen molar-refractivity contribution in [1.82, 2.24) is 4.98 Å². The molecule has 0 aliphatic carbocycles. The predicted octanol–water partition coefficient (Wildman–Crippen LogP) is 4.64. The molecule has 0 saturated heterocycles. The van der Waals surface area contributed by atoms with Gasteiger partial charge in [-0.15, -0.1) is 22.7 Å². The van der Waals surface area contributed by atoms with Gasteiger partial charge in [0.25, 0.3) is 0 Å². The van der Waals surface area contributed by atoms with Crippen LogP contribution in [0.15, 0.2) is 56.3 Å². The molecule has 9 heteroatoms. The van der Waals surface area contributed by atoms with Crippen molar-refractivity contribution in [2.24, 2.45) is 4.99 Å². The summed E-state index contributed by atoms with van der Waals surface area (Å²) in [6.45, 7) is 4.79. The number of fused-ring (bicyclic) bond motifs is 1. The molecule has 0 aliphatic heterocycles. The van der Waals surface area contributed by atoms with E-state index in [4.69, 9.17) is 4.74 Å². The first-order valence-electron chi connectivity index (χ1n) is 8.59. The number of aliphatic imine (C=N–C) groups is 1. The van der Waals surface area contributed by atoms with Crippen LogP contribution in [0.4, 0.5) is 5.00 Å². The molecule has 0 bridgehead atoms. The molecule has 0 unspecified atom stereocenters. The maximum absolute atomic E-state index is 11.6. The summed E-state index contributed by atoms with van der Waals surface area (Å²) >= 11 is 2.90. The van der Waals surface area contributed by atoms with Crippen LogP contribution < -0.4 is 5.43 Å². The van der Waals surface area contributed by atoms with Crippen molar-refractivity contribution in [3.63, 3.8) is 0 Å². The molecule has 0 radical (unpaired) electrons. The third-order valence-electron chi connectivity index (χ3n) is 3.59. The van der Waals surface area contributed by atoms with Crippen molar-refractivity contribution in [1.29, 1.82) is 0 Å². The van der Waals surface area contributed by atoms with Crippen molar-refractivity contribution in [2.45, 2.75) is 20.8 Å². The number of carbonyl (C=O) groups is 2. The molecule has 0 saturated carbocycles. The number of H-pyrrole nitrogens is 1. The first-order chi connectivity index (χ1) is 13.8. The van der Waals surface area contributed by atoms with Gasteiger partial charge in [-0.25, -0.2) is 9.79 Å². The SMILES string of the molecule is CC(=O)c1c[nH]c2sccc2c1=O.CCOC(=O)C(C=Nc1cccs1)=C(C)O. The molecule has 0 fully saturated rings. The predicted molar refractivity (Wildman–Crippen MR) is 117 cm³/mol. The third-order valence-corrected chi connectivity index (χ3v) is 5.22. The minimum atomic E-state index is -0.567. The van der Waals surface area contributed by atoms with Gasteiger partial charge in [0.15, 0.2) is 5.78 Å². The summed E-state index contributed by atoms with van der Waals surface area (Å²) in [5.41, 5.74) is 0.128. The van der Waals surface area contributed by atoms with E-state index in [1.54, 1.807) is 13.0 Å². The van der Waals surface area contributed by atoms with Gasteiger partial charge in [0.2, 0.25) is 5.43 Å². The van der Waals surface area contributed by atoms with E-state index in [-0.39, 0.29) is 34.7 Å². The molecule has 0 aromatic carbocycles. The first-order valence-corrected chi connectivity index (χ1v) is 10.4. The molecule has 7 nitrogen and oxygen atoms in total. The van der Waals surface area contributed by atoms with Crippen molar-refractivity contribution >= 4 is 55.9 Å². The number of hydrogen-bond acceptors (Lipinski definition) is 8. The lowest BCUT2D eigenvalue weighted by Gasteiger charge is -2.02. The molecule has 152 valence electrons. The van der Waals surface area contributed by atoms with Gasteiger partial charge in [-0.2, -0.15) is 0 Å². The number of pyridine rings is 1. The molecular weight excluding hydrogens is 412 g/mol. The number of thiophene rings is 2. The standard InChI is InChI=1S/C11H13NO3S.C9H7NO2S/c1-3-15-11(14)9(8(2)13)7-12-10-5-4-6-16-10;1-5(11)7-4-10-9-6(8(7)12)2-3-13-9/h4-7,13H,3H2,1-2H3;2-4H,1H3,(H,10,12). The number of aromatic amines is 1. The minimum absolute atomic E-state index is 0.0789. The van der Waals surface area contributed by atoms with Gasteiger partial charge in [-0.05, 0) is 49.7 Å². The van der Waals surface area contributed by atoms with E-state index in [1.165, 1.54) is 48.9 Å². The maximum atomic E-state index is 11.6. The van der Waals surface area contributed by atoms with Gasteiger partial charge in [-0.3, -0.25) is 9.59 Å². The van der Waals surface area contributed by atoms with Gasteiger partial charge in [0, 0.05) is 12.4 Å². The Bertz CT molecular complexity index is 1100. The van der Waals surface area contributed by atoms with Gasteiger partial charge in [0.05, 0.1) is 17.6 Å². The van der Waals surface area contributed by atoms with E-state index in [2.05, 4.69) is 9.98 Å². The monoisotopic (exact) mass is 432 g/mol. The van der Waals surface area contributed by atoms with E-state index < -0.39 is 5.97 Å². The highest BCUT2D eigenvalue weighted by atomic mass is 32.1. The average molecular weight is 433 g/mol. The van der Waals surface area contributed by atoms with Gasteiger partial charge >= 0.3 is 5.97 Å². The smallest absolute Gasteiger partial charge is 0.343 e. The summed E-state index contributed by atoms with van der Waals surface area (Å²) in [6.07, 6.45) is 2.79. The van der Waals surface area contributed by atoms with Gasteiger partial charge < -0.3 is 14.8 Å². The van der Waals surface area contributed by atoms with Crippen molar-refractivity contribution < 1.29 is 19.4 Å². The number of aliphatic hydroxyl groups is 1. The number of nitrogens with zero attached hydrogens (tertiary/aromatic N) is 1. The van der Waals surface area contributed by atoms with Crippen molar-refractivity contribution in [3.05, 3.63) is 62.3 Å². The molecule has 0 amide bonds. The number of esters is 1. The molecule has 3 heterocycles. The summed E-state index contributed by atoms with van der Waals surface area (Å²) < 4.78 is 4.79. The number of allylic oxidation sites excluding steroid dienone is 1. The third kappa shape index (κ3) is 5.97. The van der Waals surface area contributed by atoms with E-state index in [0.29, 0.717) is 5.39 Å². The fourth-order valence-corrected chi connectivity index (χ4v) is 3.51. The lowest BCUT2D eigenvalue weighted by Crippen LogP contribution is -2.12. The number of nitrogens with one attached hydrogen (secondary N) is 1. The molecule has 0 aliphatic rings. The summed E-state index contributed by atoms with van der Waals surface area (Å²) in [4.78, 5) is 41.8. The first kappa shape index (κ1) is 22.3. The minimum Gasteiger partial charge on any atom is -0.512 e. The van der Waals surface area contributed by atoms with Crippen molar-refractivity contribution in [2.75, 3.05) is 6.61 Å². The number of rotatable bonds is 5. The van der Waals surface area contributed by atoms with E-state index in [1.807, 2.05) is 22.9 Å². The van der Waals surface area contributed by atoms with Crippen LogP contribution in [0.5, 0.6) is 0 Å². The quantitative estimate of drug-likeness (QED) is 0.201. The average Bonchev–Trinajstić information content (AvgIpc) is 3.34. The second-order valence-corrected chi connectivity index (χ2v) is 7.52. The summed E-state index contributed by atoms with van der Waals surface area (Å²) in [5.74, 6) is -0.865. The second-order valence-electron chi connectivity index (χ2n) is 5.68. The molecular formula is C20H20N2O5S2. The molecule has 2 N–H and O–H groups in total. The highest BCUT2D eigenvalue weighted by Crippen LogP contribution is 2.19. The Morgan fingerprint density at radius 3 is 2.59 bits per heavy atom. The van der Waals surface area contributed by atoms with Crippen LogP contribution in [0.3, 0.4) is 0 Å².